The highest BCUT2D eigenvalue weighted by atomic mass is 35.5. The Bertz CT molecular complexity index is 994. The molecule has 2 aliphatic rings. The summed E-state index contributed by atoms with van der Waals surface area (Å²) in [4.78, 5) is 38.9. The zero-order valence-corrected chi connectivity index (χ0v) is 16.7. The number of ketones is 1. The summed E-state index contributed by atoms with van der Waals surface area (Å²) in [7, 11) is 1.30. The Balaban J connectivity index is 1.47. The topological polar surface area (TPSA) is 72.9 Å². The van der Waals surface area contributed by atoms with Gasteiger partial charge in [-0.25, -0.2) is 4.79 Å². The Kier molecular flexibility index (Phi) is 5.04. The van der Waals surface area contributed by atoms with Crippen LogP contribution in [-0.2, 0) is 4.74 Å². The van der Waals surface area contributed by atoms with E-state index in [9.17, 15) is 14.4 Å². The maximum atomic E-state index is 12.9. The molecule has 0 aliphatic carbocycles. The second-order valence-corrected chi connectivity index (χ2v) is 7.83. The first kappa shape index (κ1) is 19.5. The Morgan fingerprint density at radius 2 is 1.83 bits per heavy atom. The third-order valence-corrected chi connectivity index (χ3v) is 5.78. The minimum Gasteiger partial charge on any atom is -0.486 e. The van der Waals surface area contributed by atoms with Crippen molar-refractivity contribution in [1.29, 1.82) is 0 Å². The molecule has 0 unspecified atom stereocenters. The summed E-state index contributed by atoms with van der Waals surface area (Å²) in [5.41, 5.74) is 0.691. The Morgan fingerprint density at radius 3 is 2.55 bits per heavy atom. The van der Waals surface area contributed by atoms with Gasteiger partial charge in [0.1, 0.15) is 11.4 Å². The molecule has 0 N–H and O–H groups in total. The first-order chi connectivity index (χ1) is 13.9. The van der Waals surface area contributed by atoms with Gasteiger partial charge in [-0.3, -0.25) is 9.59 Å². The molecule has 0 bridgehead atoms. The SMILES string of the molecule is COC(=O)c1cccc(C(=O)N2CCC3(CC2)CC(=O)c2cc(Cl)ccc2O3)c1. The van der Waals surface area contributed by atoms with Gasteiger partial charge in [0.2, 0.25) is 0 Å². The minimum atomic E-state index is -0.595. The molecule has 1 spiro atoms. The van der Waals surface area contributed by atoms with Crippen molar-refractivity contribution in [3.05, 3.63) is 64.2 Å². The molecule has 1 amide bonds. The number of halogens is 1. The predicted molar refractivity (Wildman–Crippen MR) is 107 cm³/mol. The fraction of sp³-hybridized carbons (Fsp3) is 0.318. The van der Waals surface area contributed by atoms with E-state index in [0.717, 1.165) is 0 Å². The van der Waals surface area contributed by atoms with Crippen molar-refractivity contribution in [3.8, 4) is 5.75 Å². The van der Waals surface area contributed by atoms with Crippen molar-refractivity contribution in [1.82, 2.24) is 4.90 Å². The van der Waals surface area contributed by atoms with Gasteiger partial charge in [-0.2, -0.15) is 0 Å². The van der Waals surface area contributed by atoms with Crippen LogP contribution in [0.4, 0.5) is 0 Å². The summed E-state index contributed by atoms with van der Waals surface area (Å²) >= 11 is 5.99. The van der Waals surface area contributed by atoms with Crippen LogP contribution in [-0.4, -0.2) is 48.4 Å². The van der Waals surface area contributed by atoms with Crippen molar-refractivity contribution in [2.75, 3.05) is 20.2 Å². The fourth-order valence-corrected chi connectivity index (χ4v) is 4.11. The number of methoxy groups -OCH3 is 1. The molecule has 1 saturated heterocycles. The molecule has 7 heteroatoms. The lowest BCUT2D eigenvalue weighted by Gasteiger charge is -2.44. The van der Waals surface area contributed by atoms with Crippen molar-refractivity contribution in [3.63, 3.8) is 0 Å². The zero-order chi connectivity index (χ0) is 20.6. The van der Waals surface area contributed by atoms with E-state index in [1.54, 1.807) is 47.4 Å². The molecule has 2 aliphatic heterocycles. The lowest BCUT2D eigenvalue weighted by Crippen LogP contribution is -2.52. The van der Waals surface area contributed by atoms with Crippen LogP contribution in [0.5, 0.6) is 5.75 Å². The molecule has 2 aromatic rings. The molecule has 2 heterocycles. The number of rotatable bonds is 2. The van der Waals surface area contributed by atoms with Crippen LogP contribution in [0.15, 0.2) is 42.5 Å². The number of carbonyl (C=O) groups excluding carboxylic acids is 3. The molecule has 4 rings (SSSR count). The summed E-state index contributed by atoms with van der Waals surface area (Å²) in [6, 6.07) is 11.6. The Morgan fingerprint density at radius 1 is 1.10 bits per heavy atom. The highest BCUT2D eigenvalue weighted by molar-refractivity contribution is 6.31. The first-order valence-corrected chi connectivity index (χ1v) is 9.78. The first-order valence-electron chi connectivity index (χ1n) is 9.40. The number of carbonyl (C=O) groups is 3. The van der Waals surface area contributed by atoms with Crippen molar-refractivity contribution in [2.24, 2.45) is 0 Å². The molecule has 0 saturated carbocycles. The van der Waals surface area contributed by atoms with Gasteiger partial charge in [0.05, 0.1) is 24.7 Å². The molecule has 1 fully saturated rings. The molecule has 2 aromatic carbocycles. The maximum absolute atomic E-state index is 12.9. The van der Waals surface area contributed by atoms with Gasteiger partial charge in [0.15, 0.2) is 5.78 Å². The normalized spacial score (nSPS) is 17.4. The number of nitrogens with zero attached hydrogens (tertiary/aromatic N) is 1. The molecular weight excluding hydrogens is 394 g/mol. The van der Waals surface area contributed by atoms with Gasteiger partial charge in [-0.15, -0.1) is 0 Å². The number of hydrogen-bond donors (Lipinski definition) is 0. The van der Waals surface area contributed by atoms with E-state index < -0.39 is 11.6 Å². The third-order valence-electron chi connectivity index (χ3n) is 5.54. The number of esters is 1. The third kappa shape index (κ3) is 3.72. The maximum Gasteiger partial charge on any atom is 0.337 e. The van der Waals surface area contributed by atoms with E-state index in [4.69, 9.17) is 21.1 Å². The number of hydrogen-bond acceptors (Lipinski definition) is 5. The zero-order valence-electron chi connectivity index (χ0n) is 15.9. The smallest absolute Gasteiger partial charge is 0.337 e. The van der Waals surface area contributed by atoms with Crippen LogP contribution >= 0.6 is 11.6 Å². The molecule has 0 aromatic heterocycles. The van der Waals surface area contributed by atoms with E-state index >= 15 is 0 Å². The van der Waals surface area contributed by atoms with Crippen LogP contribution in [0.25, 0.3) is 0 Å². The number of likely N-dealkylation sites (tertiary alicyclic amines) is 1. The quantitative estimate of drug-likeness (QED) is 0.701. The van der Waals surface area contributed by atoms with Crippen molar-refractivity contribution in [2.45, 2.75) is 24.9 Å². The standard InChI is InChI=1S/C22H20ClNO5/c1-28-21(27)15-4-2-3-14(11-15)20(26)24-9-7-22(8-10-24)13-18(25)17-12-16(23)5-6-19(17)29-22/h2-6,11-12H,7-10,13H2,1H3. The van der Waals surface area contributed by atoms with Crippen LogP contribution in [0.2, 0.25) is 5.02 Å². The summed E-state index contributed by atoms with van der Waals surface area (Å²) in [5.74, 6) is -0.0689. The largest absolute Gasteiger partial charge is 0.486 e. The Labute approximate surface area is 173 Å². The minimum absolute atomic E-state index is 0.0132. The van der Waals surface area contributed by atoms with Gasteiger partial charge in [0, 0.05) is 36.5 Å². The van der Waals surface area contributed by atoms with Gasteiger partial charge in [-0.1, -0.05) is 17.7 Å². The molecule has 29 heavy (non-hydrogen) atoms. The summed E-state index contributed by atoms with van der Waals surface area (Å²) in [5, 5.41) is 0.506. The fourth-order valence-electron chi connectivity index (χ4n) is 3.94. The van der Waals surface area contributed by atoms with Crippen molar-refractivity contribution >= 4 is 29.3 Å². The average Bonchev–Trinajstić information content (AvgIpc) is 2.74. The van der Waals surface area contributed by atoms with E-state index in [0.29, 0.717) is 53.4 Å². The summed E-state index contributed by atoms with van der Waals surface area (Å²) in [6.07, 6.45) is 1.40. The number of piperidine rings is 1. The van der Waals surface area contributed by atoms with E-state index in [-0.39, 0.29) is 18.1 Å². The van der Waals surface area contributed by atoms with Crippen LogP contribution in [0.3, 0.4) is 0 Å². The van der Waals surface area contributed by atoms with Crippen LogP contribution in [0.1, 0.15) is 50.3 Å². The van der Waals surface area contributed by atoms with Crippen LogP contribution in [0, 0.1) is 0 Å². The lowest BCUT2D eigenvalue weighted by atomic mass is 9.82. The molecule has 0 radical (unpaired) electrons. The monoisotopic (exact) mass is 413 g/mol. The van der Waals surface area contributed by atoms with Crippen LogP contribution < -0.4 is 4.74 Å². The number of fused-ring (bicyclic) bond motifs is 1. The number of amides is 1. The highest BCUT2D eigenvalue weighted by Crippen LogP contribution is 2.40. The second-order valence-electron chi connectivity index (χ2n) is 7.39. The molecule has 150 valence electrons. The van der Waals surface area contributed by atoms with E-state index in [1.165, 1.54) is 7.11 Å². The molecule has 6 nitrogen and oxygen atoms in total. The lowest BCUT2D eigenvalue weighted by molar-refractivity contribution is -0.00571. The van der Waals surface area contributed by atoms with Gasteiger partial charge in [0.25, 0.3) is 5.91 Å². The second kappa shape index (κ2) is 7.52. The molecular formula is C22H20ClNO5. The van der Waals surface area contributed by atoms with Gasteiger partial charge >= 0.3 is 5.97 Å². The van der Waals surface area contributed by atoms with Gasteiger partial charge in [-0.05, 0) is 36.4 Å². The van der Waals surface area contributed by atoms with E-state index in [1.807, 2.05) is 0 Å². The highest BCUT2D eigenvalue weighted by Gasteiger charge is 2.43. The average molecular weight is 414 g/mol. The van der Waals surface area contributed by atoms with Crippen molar-refractivity contribution < 1.29 is 23.9 Å². The number of ether oxygens (including phenoxy) is 2. The summed E-state index contributed by atoms with van der Waals surface area (Å²) in [6.45, 7) is 0.939. The number of benzene rings is 2. The number of Topliss-reactive ketones (excluding diaryl/α,β-unsaturated/α-hetero) is 1. The molecule has 0 atom stereocenters. The predicted octanol–water partition coefficient (Wildman–Crippen LogP) is 3.77. The van der Waals surface area contributed by atoms with E-state index in [2.05, 4.69) is 0 Å². The summed E-state index contributed by atoms with van der Waals surface area (Å²) < 4.78 is 10.9. The Hall–Kier alpha value is -2.86. The van der Waals surface area contributed by atoms with Gasteiger partial charge < -0.3 is 14.4 Å².